The first-order valence-corrected chi connectivity index (χ1v) is 9.72. The Morgan fingerprint density at radius 3 is 2.43 bits per heavy atom. The highest BCUT2D eigenvalue weighted by Crippen LogP contribution is 2.43. The fourth-order valence-corrected chi connectivity index (χ4v) is 4.21. The van der Waals surface area contributed by atoms with Crippen LogP contribution in [0.3, 0.4) is 0 Å². The molecule has 0 N–H and O–H groups in total. The number of anilines is 1. The number of imide groups is 1. The maximum Gasteiger partial charge on any atom is 0.416 e. The molecule has 0 aliphatic carbocycles. The van der Waals surface area contributed by atoms with Gasteiger partial charge in [-0.15, -0.1) is 0 Å². The van der Waals surface area contributed by atoms with Crippen molar-refractivity contribution >= 4 is 34.9 Å². The van der Waals surface area contributed by atoms with E-state index in [0.29, 0.717) is 13.0 Å². The molecule has 2 saturated heterocycles. The van der Waals surface area contributed by atoms with E-state index in [1.807, 2.05) is 16.8 Å². The van der Waals surface area contributed by atoms with Crippen LogP contribution in [0, 0.1) is 0 Å². The number of carbonyl (C=O) groups excluding carboxylic acids is 2. The van der Waals surface area contributed by atoms with Crippen molar-refractivity contribution in [2.45, 2.75) is 31.0 Å². The number of carbonyl (C=O) groups is 2. The van der Waals surface area contributed by atoms with Crippen LogP contribution in [0.1, 0.15) is 30.4 Å². The molecule has 1 aromatic heterocycles. The number of hydrogen-bond donors (Lipinski definition) is 0. The van der Waals surface area contributed by atoms with Crippen molar-refractivity contribution in [2.75, 3.05) is 11.5 Å². The fourth-order valence-electron chi connectivity index (χ4n) is 3.59. The van der Waals surface area contributed by atoms with Crippen LogP contribution in [-0.4, -0.2) is 24.0 Å². The van der Waals surface area contributed by atoms with Crippen molar-refractivity contribution in [3.05, 3.63) is 57.8 Å². The molecule has 2 aliphatic rings. The van der Waals surface area contributed by atoms with Gasteiger partial charge in [-0.3, -0.25) is 9.59 Å². The van der Waals surface area contributed by atoms with Crippen molar-refractivity contribution in [2.24, 2.45) is 0 Å². The largest absolute Gasteiger partial charge is 0.416 e. The third kappa shape index (κ3) is 3.06. The van der Waals surface area contributed by atoms with Crippen molar-refractivity contribution in [1.82, 2.24) is 0 Å². The van der Waals surface area contributed by atoms with E-state index in [2.05, 4.69) is 0 Å². The first-order valence-electron chi connectivity index (χ1n) is 8.77. The maximum atomic E-state index is 13.2. The zero-order valence-electron chi connectivity index (χ0n) is 14.7. The predicted molar refractivity (Wildman–Crippen MR) is 98.8 cm³/mol. The van der Waals surface area contributed by atoms with Gasteiger partial charge in [0.2, 0.25) is 0 Å². The quantitative estimate of drug-likeness (QED) is 0.537. The van der Waals surface area contributed by atoms with Gasteiger partial charge in [0.25, 0.3) is 11.8 Å². The normalized spacial score (nSPS) is 24.5. The van der Waals surface area contributed by atoms with Gasteiger partial charge < -0.3 is 4.74 Å². The molecule has 1 unspecified atom stereocenters. The van der Waals surface area contributed by atoms with Crippen molar-refractivity contribution in [1.29, 1.82) is 0 Å². The summed E-state index contributed by atoms with van der Waals surface area (Å²) in [6.45, 7) is 0.348. The van der Waals surface area contributed by atoms with Crippen LogP contribution < -0.4 is 4.90 Å². The Bertz CT molecular complexity index is 927. The van der Waals surface area contributed by atoms with Gasteiger partial charge in [0.05, 0.1) is 16.8 Å². The van der Waals surface area contributed by atoms with Gasteiger partial charge in [0.1, 0.15) is 0 Å². The Morgan fingerprint density at radius 1 is 1.11 bits per heavy atom. The number of nitrogens with zero attached hydrogens (tertiary/aromatic N) is 1. The number of halogens is 3. The summed E-state index contributed by atoms with van der Waals surface area (Å²) in [6, 6.07) is 5.84. The van der Waals surface area contributed by atoms with Crippen LogP contribution in [0.5, 0.6) is 0 Å². The number of alkyl halides is 3. The highest BCUT2D eigenvalue weighted by molar-refractivity contribution is 7.08. The average Bonchev–Trinajstić information content (AvgIpc) is 3.25. The molecule has 4 rings (SSSR count). The molecule has 28 heavy (non-hydrogen) atoms. The molecule has 3 heterocycles. The summed E-state index contributed by atoms with van der Waals surface area (Å²) in [6.07, 6.45) is -0.970. The summed E-state index contributed by atoms with van der Waals surface area (Å²) >= 11 is 1.46. The molecule has 4 nitrogen and oxygen atoms in total. The van der Waals surface area contributed by atoms with Gasteiger partial charge in [-0.25, -0.2) is 4.90 Å². The first kappa shape index (κ1) is 18.9. The van der Waals surface area contributed by atoms with Crippen molar-refractivity contribution in [3.8, 4) is 0 Å². The standard InChI is InChI=1S/C20H16F3NO3S/c21-20(22,23)14-3-5-15(6-4-14)24-17(25)16(11-13-7-10-28-12-13)19(18(24)26)8-1-2-9-27-19/h3-7,10-12H,1-2,8-9H2/b16-11-. The van der Waals surface area contributed by atoms with Gasteiger partial charge in [0, 0.05) is 6.61 Å². The van der Waals surface area contributed by atoms with Gasteiger partial charge >= 0.3 is 6.18 Å². The van der Waals surface area contributed by atoms with E-state index in [0.717, 1.165) is 47.6 Å². The molecule has 8 heteroatoms. The smallest absolute Gasteiger partial charge is 0.360 e. The number of benzene rings is 1. The molecule has 2 aliphatic heterocycles. The lowest BCUT2D eigenvalue weighted by Gasteiger charge is -2.32. The van der Waals surface area contributed by atoms with E-state index >= 15 is 0 Å². The third-order valence-corrected chi connectivity index (χ3v) is 5.70. The lowest BCUT2D eigenvalue weighted by Crippen LogP contribution is -2.45. The summed E-state index contributed by atoms with van der Waals surface area (Å²) in [5.74, 6) is -1.10. The molecule has 1 aromatic carbocycles. The Balaban J connectivity index is 1.77. The van der Waals surface area contributed by atoms with E-state index in [-0.39, 0.29) is 11.3 Å². The minimum absolute atomic E-state index is 0.102. The molecule has 0 saturated carbocycles. The van der Waals surface area contributed by atoms with Crippen LogP contribution in [0.15, 0.2) is 46.7 Å². The van der Waals surface area contributed by atoms with E-state index in [1.54, 1.807) is 6.08 Å². The summed E-state index contributed by atoms with van der Waals surface area (Å²) in [7, 11) is 0. The highest BCUT2D eigenvalue weighted by Gasteiger charge is 2.57. The number of hydrogen-bond acceptors (Lipinski definition) is 4. The molecule has 2 fully saturated rings. The molecular weight excluding hydrogens is 391 g/mol. The Labute approximate surface area is 163 Å². The second-order valence-electron chi connectivity index (χ2n) is 6.74. The Morgan fingerprint density at radius 2 is 1.86 bits per heavy atom. The van der Waals surface area contributed by atoms with E-state index in [1.165, 1.54) is 11.3 Å². The van der Waals surface area contributed by atoms with Crippen LogP contribution in [-0.2, 0) is 20.5 Å². The van der Waals surface area contributed by atoms with Crippen LogP contribution in [0.25, 0.3) is 6.08 Å². The first-order chi connectivity index (χ1) is 13.3. The number of ether oxygens (including phenoxy) is 1. The third-order valence-electron chi connectivity index (χ3n) is 5.00. The fraction of sp³-hybridized carbons (Fsp3) is 0.300. The monoisotopic (exact) mass is 407 g/mol. The molecule has 1 spiro atoms. The van der Waals surface area contributed by atoms with E-state index < -0.39 is 29.2 Å². The summed E-state index contributed by atoms with van der Waals surface area (Å²) in [5.41, 5.74) is -1.10. The summed E-state index contributed by atoms with van der Waals surface area (Å²) in [5, 5.41) is 3.71. The maximum absolute atomic E-state index is 13.2. The second kappa shape index (κ2) is 6.86. The van der Waals surface area contributed by atoms with Crippen LogP contribution >= 0.6 is 11.3 Å². The van der Waals surface area contributed by atoms with Gasteiger partial charge in [0.15, 0.2) is 5.60 Å². The zero-order valence-corrected chi connectivity index (χ0v) is 15.5. The Kier molecular flexibility index (Phi) is 4.63. The molecular formula is C20H16F3NO3S. The van der Waals surface area contributed by atoms with Crippen LogP contribution in [0.2, 0.25) is 0 Å². The molecule has 2 amide bonds. The lowest BCUT2D eigenvalue weighted by atomic mass is 9.87. The average molecular weight is 407 g/mol. The van der Waals surface area contributed by atoms with E-state index in [9.17, 15) is 22.8 Å². The summed E-state index contributed by atoms with van der Waals surface area (Å²) < 4.78 is 44.3. The minimum Gasteiger partial charge on any atom is -0.360 e. The van der Waals surface area contributed by atoms with Gasteiger partial charge in [-0.05, 0) is 72.0 Å². The number of rotatable bonds is 2. The predicted octanol–water partition coefficient (Wildman–Crippen LogP) is 4.66. The Hall–Kier alpha value is -2.45. The van der Waals surface area contributed by atoms with Crippen LogP contribution in [0.4, 0.5) is 18.9 Å². The second-order valence-corrected chi connectivity index (χ2v) is 7.52. The van der Waals surface area contributed by atoms with Crippen molar-refractivity contribution < 1.29 is 27.5 Å². The topological polar surface area (TPSA) is 46.6 Å². The number of amides is 2. The lowest BCUT2D eigenvalue weighted by molar-refractivity contribution is -0.140. The molecule has 146 valence electrons. The van der Waals surface area contributed by atoms with Crippen molar-refractivity contribution in [3.63, 3.8) is 0 Å². The van der Waals surface area contributed by atoms with Gasteiger partial charge in [-0.1, -0.05) is 0 Å². The SMILES string of the molecule is O=C1/C(=C/c2ccsc2)C2(CCCCO2)C(=O)N1c1ccc(C(F)(F)F)cc1. The molecule has 0 radical (unpaired) electrons. The zero-order chi connectivity index (χ0) is 19.9. The minimum atomic E-state index is -4.49. The molecule has 2 aromatic rings. The molecule has 0 bridgehead atoms. The van der Waals surface area contributed by atoms with Gasteiger partial charge in [-0.2, -0.15) is 24.5 Å². The molecule has 1 atom stereocenters. The number of thiophene rings is 1. The highest BCUT2D eigenvalue weighted by atomic mass is 32.1. The van der Waals surface area contributed by atoms with E-state index in [4.69, 9.17) is 4.74 Å². The summed E-state index contributed by atoms with van der Waals surface area (Å²) in [4.78, 5) is 27.3.